The van der Waals surface area contributed by atoms with Gasteiger partial charge in [-0.3, -0.25) is 14.9 Å². The van der Waals surface area contributed by atoms with Crippen LogP contribution in [0.1, 0.15) is 10.4 Å². The maximum atomic E-state index is 12.3. The van der Waals surface area contributed by atoms with Gasteiger partial charge in [-0.1, -0.05) is 35.6 Å². The molecule has 1 amide bonds. The largest absolute Gasteiger partial charge is 0.493 e. The van der Waals surface area contributed by atoms with Gasteiger partial charge in [0, 0.05) is 6.07 Å². The number of halogens is 1. The number of carbonyl (C=O) groups is 1. The normalized spacial score (nSPS) is 9.68. The molecule has 0 aromatic heterocycles. The number of carbonyl (C=O) groups excluding carboxylic acids is 1. The summed E-state index contributed by atoms with van der Waals surface area (Å²) in [5, 5.41) is 14.2. The smallest absolute Gasteiger partial charge is 0.286 e. The number of ether oxygens (including phenoxy) is 3. The van der Waals surface area contributed by atoms with Crippen LogP contribution in [0.25, 0.3) is 0 Å². The minimum Gasteiger partial charge on any atom is -0.493 e. The summed E-state index contributed by atoms with van der Waals surface area (Å²) >= 11 is 5.96. The van der Waals surface area contributed by atoms with Crippen LogP contribution >= 0.6 is 11.6 Å². The molecule has 1 N–H and O–H groups in total. The fourth-order valence-electron chi connectivity index (χ4n) is 2.21. The number of benzene rings is 2. The van der Waals surface area contributed by atoms with Gasteiger partial charge in [-0.05, 0) is 12.1 Å². The molecule has 0 bridgehead atoms. The minimum atomic E-state index is -0.667. The Balaban J connectivity index is 2.00. The van der Waals surface area contributed by atoms with Gasteiger partial charge in [0.05, 0.1) is 36.8 Å². The van der Waals surface area contributed by atoms with Crippen molar-refractivity contribution in [2.45, 2.75) is 0 Å². The van der Waals surface area contributed by atoms with E-state index in [4.69, 9.17) is 25.8 Å². The van der Waals surface area contributed by atoms with Crippen LogP contribution in [0.4, 0.5) is 5.69 Å². The molecule has 0 saturated carbocycles. The summed E-state index contributed by atoms with van der Waals surface area (Å²) in [5.74, 6) is 5.63. The van der Waals surface area contributed by atoms with E-state index in [9.17, 15) is 14.9 Å². The Hall–Kier alpha value is -3.44. The van der Waals surface area contributed by atoms with Crippen molar-refractivity contribution in [2.24, 2.45) is 0 Å². The summed E-state index contributed by atoms with van der Waals surface area (Å²) in [5.41, 5.74) is -0.554. The predicted molar refractivity (Wildman–Crippen MR) is 103 cm³/mol. The molecular weight excluding hydrogens is 388 g/mol. The van der Waals surface area contributed by atoms with Crippen molar-refractivity contribution in [1.82, 2.24) is 5.32 Å². The van der Waals surface area contributed by atoms with Crippen molar-refractivity contribution in [1.29, 1.82) is 0 Å². The number of amides is 1. The number of hydrogen-bond acceptors (Lipinski definition) is 6. The van der Waals surface area contributed by atoms with Crippen LogP contribution in [0.3, 0.4) is 0 Å². The molecule has 0 aliphatic carbocycles. The quantitative estimate of drug-likeness (QED) is 0.432. The van der Waals surface area contributed by atoms with E-state index in [-0.39, 0.29) is 30.2 Å². The number of nitrogens with zero attached hydrogens (tertiary/aromatic N) is 1. The fourth-order valence-corrected chi connectivity index (χ4v) is 2.40. The monoisotopic (exact) mass is 404 g/mol. The van der Waals surface area contributed by atoms with Gasteiger partial charge in [0.25, 0.3) is 11.6 Å². The number of nitrogens with one attached hydrogen (secondary N) is 1. The lowest BCUT2D eigenvalue weighted by Crippen LogP contribution is -2.24. The van der Waals surface area contributed by atoms with Crippen LogP contribution in [0.2, 0.25) is 5.02 Å². The summed E-state index contributed by atoms with van der Waals surface area (Å²) in [4.78, 5) is 22.9. The molecule has 0 fully saturated rings. The molecule has 28 heavy (non-hydrogen) atoms. The third kappa shape index (κ3) is 5.28. The van der Waals surface area contributed by atoms with E-state index in [0.717, 1.165) is 6.07 Å². The Morgan fingerprint density at radius 2 is 1.82 bits per heavy atom. The zero-order valence-corrected chi connectivity index (χ0v) is 15.9. The molecule has 0 atom stereocenters. The zero-order chi connectivity index (χ0) is 20.5. The maximum Gasteiger partial charge on any atom is 0.286 e. The third-order valence-corrected chi connectivity index (χ3v) is 3.85. The summed E-state index contributed by atoms with van der Waals surface area (Å²) in [6.45, 7) is 0.0618. The van der Waals surface area contributed by atoms with E-state index >= 15 is 0 Å². The highest BCUT2D eigenvalue weighted by atomic mass is 35.5. The Kier molecular flexibility index (Phi) is 7.48. The highest BCUT2D eigenvalue weighted by Crippen LogP contribution is 2.34. The summed E-state index contributed by atoms with van der Waals surface area (Å²) in [6, 6.07) is 9.36. The number of nitro groups is 1. The molecule has 0 unspecified atom stereocenters. The van der Waals surface area contributed by atoms with Crippen molar-refractivity contribution >= 4 is 23.2 Å². The summed E-state index contributed by atoms with van der Waals surface area (Å²) < 4.78 is 15.5. The van der Waals surface area contributed by atoms with Crippen molar-refractivity contribution in [3.8, 4) is 29.1 Å². The molecule has 2 aromatic carbocycles. The van der Waals surface area contributed by atoms with Crippen LogP contribution in [-0.2, 0) is 0 Å². The molecule has 8 nitrogen and oxygen atoms in total. The first-order valence-electron chi connectivity index (χ1n) is 7.99. The van der Waals surface area contributed by atoms with Crippen LogP contribution < -0.4 is 19.5 Å². The van der Waals surface area contributed by atoms with Crippen LogP contribution in [0.5, 0.6) is 17.2 Å². The van der Waals surface area contributed by atoms with Gasteiger partial charge in [-0.2, -0.15) is 0 Å². The minimum absolute atomic E-state index is 0.0176. The number of methoxy groups -OCH3 is 2. The zero-order valence-electron chi connectivity index (χ0n) is 15.2. The summed E-state index contributed by atoms with van der Waals surface area (Å²) in [7, 11) is 2.72. The predicted octanol–water partition coefficient (Wildman–Crippen LogP) is 3.08. The molecule has 9 heteroatoms. The number of rotatable bonds is 7. The molecular formula is C19H17ClN2O6. The van der Waals surface area contributed by atoms with E-state index in [1.54, 1.807) is 24.3 Å². The van der Waals surface area contributed by atoms with E-state index in [2.05, 4.69) is 17.2 Å². The molecule has 0 aliphatic heterocycles. The van der Waals surface area contributed by atoms with Gasteiger partial charge in [0.1, 0.15) is 17.9 Å². The Bertz CT molecular complexity index is 936. The lowest BCUT2D eigenvalue weighted by atomic mass is 10.1. The topological polar surface area (TPSA) is 99.9 Å². The second kappa shape index (κ2) is 10.0. The van der Waals surface area contributed by atoms with Crippen LogP contribution in [0.15, 0.2) is 36.4 Å². The number of para-hydroxylation sites is 1. The van der Waals surface area contributed by atoms with Gasteiger partial charge < -0.3 is 19.5 Å². The Morgan fingerprint density at radius 3 is 2.46 bits per heavy atom. The molecule has 0 heterocycles. The molecule has 2 rings (SSSR count). The lowest BCUT2D eigenvalue weighted by molar-refractivity contribution is -0.385. The fraction of sp³-hybridized carbons (Fsp3) is 0.211. The van der Waals surface area contributed by atoms with Crippen molar-refractivity contribution in [2.75, 3.05) is 27.4 Å². The van der Waals surface area contributed by atoms with Crippen molar-refractivity contribution in [3.63, 3.8) is 0 Å². The van der Waals surface area contributed by atoms with Gasteiger partial charge in [0.2, 0.25) is 0 Å². The second-order valence-electron chi connectivity index (χ2n) is 5.24. The van der Waals surface area contributed by atoms with Crippen LogP contribution in [0, 0.1) is 22.0 Å². The van der Waals surface area contributed by atoms with Crippen molar-refractivity contribution < 1.29 is 23.9 Å². The average molecular weight is 405 g/mol. The van der Waals surface area contributed by atoms with Gasteiger partial charge in [-0.25, -0.2) is 0 Å². The van der Waals surface area contributed by atoms with E-state index < -0.39 is 16.5 Å². The number of nitro benzene ring substituents is 1. The molecule has 2 aromatic rings. The number of hydrogen-bond donors (Lipinski definition) is 1. The highest BCUT2D eigenvalue weighted by molar-refractivity contribution is 6.32. The molecule has 146 valence electrons. The Morgan fingerprint density at radius 1 is 1.14 bits per heavy atom. The average Bonchev–Trinajstić information content (AvgIpc) is 2.70. The molecule has 0 saturated heterocycles. The molecule has 0 spiro atoms. The first kappa shape index (κ1) is 20.9. The van der Waals surface area contributed by atoms with E-state index in [1.807, 2.05) is 0 Å². The van der Waals surface area contributed by atoms with E-state index in [1.165, 1.54) is 20.3 Å². The Labute approximate surface area is 166 Å². The van der Waals surface area contributed by atoms with E-state index in [0.29, 0.717) is 10.8 Å². The first-order valence-corrected chi connectivity index (χ1v) is 8.37. The third-order valence-electron chi connectivity index (χ3n) is 3.54. The second-order valence-corrected chi connectivity index (χ2v) is 5.64. The maximum absolute atomic E-state index is 12.3. The van der Waals surface area contributed by atoms with Gasteiger partial charge in [0.15, 0.2) is 11.5 Å². The van der Waals surface area contributed by atoms with Gasteiger partial charge >= 0.3 is 0 Å². The first-order chi connectivity index (χ1) is 13.5. The van der Waals surface area contributed by atoms with Crippen LogP contribution in [-0.4, -0.2) is 38.2 Å². The molecule has 0 radical (unpaired) electrons. The van der Waals surface area contributed by atoms with Gasteiger partial charge in [-0.15, -0.1) is 0 Å². The summed E-state index contributed by atoms with van der Waals surface area (Å²) in [6.07, 6.45) is 0. The highest BCUT2D eigenvalue weighted by Gasteiger charge is 2.24. The lowest BCUT2D eigenvalue weighted by Gasteiger charge is -2.10. The SMILES string of the molecule is COc1cc(C(=O)NCC#CCOc2ccccc2Cl)c([N+](=O)[O-])cc1OC. The van der Waals surface area contributed by atoms with Crippen molar-refractivity contribution in [3.05, 3.63) is 57.1 Å². The standard InChI is InChI=1S/C19H17ClN2O6/c1-26-17-11-13(15(22(24)25)12-18(17)27-2)19(23)21-9-5-6-10-28-16-8-4-3-7-14(16)20/h3-4,7-8,11-12H,9-10H2,1-2H3,(H,21,23). The molecule has 0 aliphatic rings.